The predicted octanol–water partition coefficient (Wildman–Crippen LogP) is 5.21. The van der Waals surface area contributed by atoms with E-state index in [9.17, 15) is 14.0 Å². The van der Waals surface area contributed by atoms with Gasteiger partial charge in [0.25, 0.3) is 5.91 Å². The molecule has 3 amide bonds. The number of ether oxygens (including phenoxy) is 1. The third-order valence-electron chi connectivity index (χ3n) is 7.36. The van der Waals surface area contributed by atoms with Crippen LogP contribution in [0.1, 0.15) is 35.3 Å². The zero-order chi connectivity index (χ0) is 25.7. The molecule has 0 aromatic heterocycles. The number of hydrogen-bond acceptors (Lipinski definition) is 4. The third kappa shape index (κ3) is 4.25. The summed E-state index contributed by atoms with van der Waals surface area (Å²) in [6.07, 6.45) is 0.561. The van der Waals surface area contributed by atoms with Crippen molar-refractivity contribution in [2.75, 3.05) is 36.0 Å². The molecule has 3 aromatic rings. The number of fused-ring (bicyclic) bond motifs is 4. The van der Waals surface area contributed by atoms with Crippen LogP contribution in [0.3, 0.4) is 0 Å². The summed E-state index contributed by atoms with van der Waals surface area (Å²) >= 11 is 6.16. The largest absolute Gasteiger partial charge is 0.467 e. The van der Waals surface area contributed by atoms with Crippen LogP contribution in [0.25, 0.3) is 0 Å². The van der Waals surface area contributed by atoms with Crippen molar-refractivity contribution in [1.82, 2.24) is 10.2 Å². The molecule has 3 aliphatic heterocycles. The number of nitrogens with zero attached hydrogens (tertiary/aromatic N) is 3. The number of carbonyl (C=O) groups excluding carboxylic acids is 2. The molecular formula is C28H26ClFN4O3. The van der Waals surface area contributed by atoms with Gasteiger partial charge in [0, 0.05) is 60.1 Å². The van der Waals surface area contributed by atoms with Crippen LogP contribution >= 0.6 is 11.6 Å². The fraction of sp³-hybridized carbons (Fsp3) is 0.286. The quantitative estimate of drug-likeness (QED) is 0.515. The second-order valence-corrected chi connectivity index (χ2v) is 10.2. The lowest BCUT2D eigenvalue weighted by molar-refractivity contribution is 0.0379. The van der Waals surface area contributed by atoms with Crippen molar-refractivity contribution in [2.45, 2.75) is 25.1 Å². The van der Waals surface area contributed by atoms with Crippen molar-refractivity contribution in [3.8, 4) is 5.75 Å². The topological polar surface area (TPSA) is 65.1 Å². The molecule has 6 rings (SSSR count). The molecular weight excluding hydrogens is 495 g/mol. The fourth-order valence-electron chi connectivity index (χ4n) is 5.49. The van der Waals surface area contributed by atoms with Crippen molar-refractivity contribution in [1.29, 1.82) is 0 Å². The molecule has 2 saturated heterocycles. The Balaban J connectivity index is 1.16. The molecule has 0 aliphatic carbocycles. The van der Waals surface area contributed by atoms with E-state index in [-0.39, 0.29) is 23.8 Å². The number of hydrogen-bond donors (Lipinski definition) is 1. The fourth-order valence-corrected chi connectivity index (χ4v) is 5.67. The van der Waals surface area contributed by atoms with E-state index >= 15 is 0 Å². The number of nitrogens with one attached hydrogen (secondary N) is 1. The second kappa shape index (κ2) is 8.95. The molecule has 1 N–H and O–H groups in total. The molecule has 9 heteroatoms. The first-order valence-electron chi connectivity index (χ1n) is 12.3. The summed E-state index contributed by atoms with van der Waals surface area (Å²) in [5.74, 6) is 0.376. The van der Waals surface area contributed by atoms with Crippen LogP contribution in [0.15, 0.2) is 66.7 Å². The minimum absolute atomic E-state index is 0.0561. The molecule has 3 aromatic carbocycles. The SMILES string of the molecule is CC12CC(NC(=O)N1c1ccc(C(=O)N3CCN(c4ccc(F)cc4)CC3)cc1)c1cc(Cl)ccc1O2. The highest BCUT2D eigenvalue weighted by molar-refractivity contribution is 6.30. The van der Waals surface area contributed by atoms with Crippen LogP contribution in [-0.2, 0) is 0 Å². The Hall–Kier alpha value is -3.78. The van der Waals surface area contributed by atoms with Gasteiger partial charge in [0.1, 0.15) is 11.6 Å². The highest BCUT2D eigenvalue weighted by atomic mass is 35.5. The lowest BCUT2D eigenvalue weighted by Crippen LogP contribution is -2.65. The summed E-state index contributed by atoms with van der Waals surface area (Å²) < 4.78 is 19.5. The summed E-state index contributed by atoms with van der Waals surface area (Å²) in [6.45, 7) is 4.39. The molecule has 0 radical (unpaired) electrons. The van der Waals surface area contributed by atoms with Crippen molar-refractivity contribution in [3.05, 3.63) is 88.7 Å². The minimum atomic E-state index is -0.879. The van der Waals surface area contributed by atoms with E-state index in [1.165, 1.54) is 12.1 Å². The summed E-state index contributed by atoms with van der Waals surface area (Å²) in [5.41, 5.74) is 2.15. The van der Waals surface area contributed by atoms with Gasteiger partial charge in [-0.2, -0.15) is 0 Å². The molecule has 2 fully saturated rings. The van der Waals surface area contributed by atoms with Gasteiger partial charge in [0.05, 0.1) is 6.04 Å². The normalized spacial score (nSPS) is 22.7. The Morgan fingerprint density at radius 1 is 1.00 bits per heavy atom. The summed E-state index contributed by atoms with van der Waals surface area (Å²) in [5, 5.41) is 3.66. The Kier molecular flexibility index (Phi) is 5.71. The van der Waals surface area contributed by atoms with Crippen molar-refractivity contribution < 1.29 is 18.7 Å². The van der Waals surface area contributed by atoms with E-state index < -0.39 is 5.72 Å². The maximum absolute atomic E-state index is 13.2. The van der Waals surface area contributed by atoms with Crippen LogP contribution < -0.4 is 19.9 Å². The van der Waals surface area contributed by atoms with E-state index in [2.05, 4.69) is 10.2 Å². The van der Waals surface area contributed by atoms with Gasteiger partial charge < -0.3 is 19.9 Å². The summed E-state index contributed by atoms with van der Waals surface area (Å²) in [4.78, 5) is 31.9. The maximum Gasteiger partial charge on any atom is 0.325 e. The standard InChI is InChI=1S/C28H26ClFN4O3/c1-28-17-24(23-16-19(29)4-11-25(23)37-28)31-27(36)34(28)22-7-2-18(3-8-22)26(35)33-14-12-32(13-15-33)21-9-5-20(30)6-10-21/h2-11,16,24H,12-15,17H2,1H3,(H,31,36). The molecule has 2 unspecified atom stereocenters. The first-order chi connectivity index (χ1) is 17.8. The summed E-state index contributed by atoms with van der Waals surface area (Å²) in [6, 6.07) is 18.5. The second-order valence-electron chi connectivity index (χ2n) is 9.80. The average Bonchev–Trinajstić information content (AvgIpc) is 2.89. The molecule has 0 saturated carbocycles. The molecule has 190 valence electrons. The van der Waals surface area contributed by atoms with Gasteiger partial charge in [-0.1, -0.05) is 11.6 Å². The Bertz CT molecular complexity index is 1360. The molecule has 3 heterocycles. The van der Waals surface area contributed by atoms with E-state index in [4.69, 9.17) is 16.3 Å². The predicted molar refractivity (Wildman–Crippen MR) is 140 cm³/mol. The van der Waals surface area contributed by atoms with Crippen LogP contribution in [0.4, 0.5) is 20.6 Å². The van der Waals surface area contributed by atoms with Crippen molar-refractivity contribution >= 4 is 34.9 Å². The first kappa shape index (κ1) is 23.6. The first-order valence-corrected chi connectivity index (χ1v) is 12.7. The minimum Gasteiger partial charge on any atom is -0.467 e. The Labute approximate surface area is 219 Å². The molecule has 7 nitrogen and oxygen atoms in total. The van der Waals surface area contributed by atoms with Crippen molar-refractivity contribution in [3.63, 3.8) is 0 Å². The van der Waals surface area contributed by atoms with E-state index in [1.54, 1.807) is 47.4 Å². The van der Waals surface area contributed by atoms with Gasteiger partial charge in [0.15, 0.2) is 5.72 Å². The van der Waals surface area contributed by atoms with Gasteiger partial charge in [-0.15, -0.1) is 0 Å². The average molecular weight is 521 g/mol. The number of halogens is 2. The van der Waals surface area contributed by atoms with Crippen LogP contribution in [0.5, 0.6) is 5.75 Å². The van der Waals surface area contributed by atoms with Gasteiger partial charge in [-0.3, -0.25) is 9.69 Å². The van der Waals surface area contributed by atoms with Gasteiger partial charge in [-0.05, 0) is 73.7 Å². The third-order valence-corrected chi connectivity index (χ3v) is 7.60. The van der Waals surface area contributed by atoms with Crippen LogP contribution in [0, 0.1) is 5.82 Å². The maximum atomic E-state index is 13.2. The number of piperazine rings is 1. The van der Waals surface area contributed by atoms with E-state index in [0.29, 0.717) is 54.6 Å². The van der Waals surface area contributed by atoms with Crippen molar-refractivity contribution in [2.24, 2.45) is 0 Å². The van der Waals surface area contributed by atoms with E-state index in [1.807, 2.05) is 24.0 Å². The molecule has 37 heavy (non-hydrogen) atoms. The number of benzene rings is 3. The molecule has 0 spiro atoms. The molecule has 2 atom stereocenters. The number of urea groups is 1. The zero-order valence-electron chi connectivity index (χ0n) is 20.3. The number of amides is 3. The van der Waals surface area contributed by atoms with Gasteiger partial charge >= 0.3 is 6.03 Å². The Morgan fingerprint density at radius 2 is 1.68 bits per heavy atom. The molecule has 3 aliphatic rings. The summed E-state index contributed by atoms with van der Waals surface area (Å²) in [7, 11) is 0. The lowest BCUT2D eigenvalue weighted by Gasteiger charge is -2.50. The lowest BCUT2D eigenvalue weighted by atomic mass is 9.90. The Morgan fingerprint density at radius 3 is 2.38 bits per heavy atom. The smallest absolute Gasteiger partial charge is 0.325 e. The number of anilines is 2. The number of rotatable bonds is 3. The van der Waals surface area contributed by atoms with E-state index in [0.717, 1.165) is 11.3 Å². The zero-order valence-corrected chi connectivity index (χ0v) is 21.0. The van der Waals surface area contributed by atoms with Gasteiger partial charge in [-0.25, -0.2) is 9.18 Å². The highest BCUT2D eigenvalue weighted by Crippen LogP contribution is 2.46. The monoisotopic (exact) mass is 520 g/mol. The van der Waals surface area contributed by atoms with Crippen LogP contribution in [0.2, 0.25) is 5.02 Å². The van der Waals surface area contributed by atoms with Gasteiger partial charge in [0.2, 0.25) is 0 Å². The molecule has 2 bridgehead atoms. The number of carbonyl (C=O) groups is 2. The highest BCUT2D eigenvalue weighted by Gasteiger charge is 2.49. The van der Waals surface area contributed by atoms with Crippen LogP contribution in [-0.4, -0.2) is 48.7 Å².